The molecule has 6 nitrogen and oxygen atoms in total. The van der Waals surface area contributed by atoms with E-state index in [4.69, 9.17) is 0 Å². The number of benzene rings is 3. The maximum Gasteiger partial charge on any atom is 0.255 e. The molecule has 1 aliphatic rings. The summed E-state index contributed by atoms with van der Waals surface area (Å²) in [5.41, 5.74) is 5.19. The fourth-order valence-corrected chi connectivity index (χ4v) is 4.38. The van der Waals surface area contributed by atoms with Crippen LogP contribution in [0.5, 0.6) is 0 Å². The van der Waals surface area contributed by atoms with E-state index >= 15 is 0 Å². The molecule has 3 aromatic carbocycles. The van der Waals surface area contributed by atoms with Crippen molar-refractivity contribution < 1.29 is 9.59 Å². The topological polar surface area (TPSA) is 78.1 Å². The van der Waals surface area contributed by atoms with E-state index in [-0.39, 0.29) is 17.7 Å². The van der Waals surface area contributed by atoms with Crippen LogP contribution in [-0.4, -0.2) is 32.7 Å². The molecule has 0 radical (unpaired) electrons. The number of anilines is 1. The summed E-state index contributed by atoms with van der Waals surface area (Å²) in [4.78, 5) is 35.9. The van der Waals surface area contributed by atoms with Crippen LogP contribution in [-0.2, 0) is 11.3 Å². The molecule has 2 amide bonds. The first-order chi connectivity index (χ1) is 16.0. The number of fused-ring (bicyclic) bond motifs is 2. The molecule has 6 heteroatoms. The predicted molar refractivity (Wildman–Crippen MR) is 130 cm³/mol. The molecule has 0 bridgehead atoms. The second-order valence-corrected chi connectivity index (χ2v) is 8.90. The predicted octanol–water partition coefficient (Wildman–Crippen LogP) is 5.24. The van der Waals surface area contributed by atoms with Crippen LogP contribution in [0.2, 0.25) is 0 Å². The van der Waals surface area contributed by atoms with Gasteiger partial charge in [0.15, 0.2) is 0 Å². The molecular weight excluding hydrogens is 412 g/mol. The average Bonchev–Trinajstić information content (AvgIpc) is 3.39. The standard InChI is InChI=1S/C27H26N4O2/c1-17(2)15-24(31-16-19-7-3-4-8-21(19)27(31)33)26(32)28-20-13-11-18(12-14-20)25-29-22-9-5-6-10-23(22)30-25/h3-14,17,24H,15-16H2,1-2H3,(H,28,32)(H,29,30)/t24-/m0/s1. The third-order valence-electron chi connectivity index (χ3n) is 6.04. The minimum atomic E-state index is -0.528. The first kappa shape index (κ1) is 20.9. The van der Waals surface area contributed by atoms with E-state index in [0.717, 1.165) is 28.0 Å². The fraction of sp³-hybridized carbons (Fsp3) is 0.222. The van der Waals surface area contributed by atoms with Crippen molar-refractivity contribution >= 4 is 28.5 Å². The van der Waals surface area contributed by atoms with Gasteiger partial charge in [0.1, 0.15) is 11.9 Å². The van der Waals surface area contributed by atoms with Gasteiger partial charge in [-0.25, -0.2) is 4.98 Å². The minimum absolute atomic E-state index is 0.0772. The molecule has 0 fully saturated rings. The van der Waals surface area contributed by atoms with Gasteiger partial charge in [-0.05, 0) is 60.4 Å². The van der Waals surface area contributed by atoms with Gasteiger partial charge in [-0.1, -0.05) is 44.2 Å². The number of nitrogens with zero attached hydrogens (tertiary/aromatic N) is 2. The lowest BCUT2D eigenvalue weighted by molar-refractivity contribution is -0.121. The second-order valence-electron chi connectivity index (χ2n) is 8.90. The third kappa shape index (κ3) is 4.12. The van der Waals surface area contributed by atoms with Gasteiger partial charge >= 0.3 is 0 Å². The monoisotopic (exact) mass is 438 g/mol. The summed E-state index contributed by atoms with van der Waals surface area (Å²) in [7, 11) is 0. The van der Waals surface area contributed by atoms with Gasteiger partial charge in [0.05, 0.1) is 11.0 Å². The van der Waals surface area contributed by atoms with Gasteiger partial charge < -0.3 is 15.2 Å². The Morgan fingerprint density at radius 2 is 1.76 bits per heavy atom. The largest absolute Gasteiger partial charge is 0.338 e. The SMILES string of the molecule is CC(C)C[C@@H](C(=O)Nc1ccc(-c2nc3ccccc3[nH]2)cc1)N1Cc2ccccc2C1=O. The fourth-order valence-electron chi connectivity index (χ4n) is 4.38. The molecule has 0 saturated heterocycles. The summed E-state index contributed by atoms with van der Waals surface area (Å²) in [5, 5.41) is 3.01. The second kappa shape index (κ2) is 8.54. The Hall–Kier alpha value is -3.93. The molecule has 5 rings (SSSR count). The van der Waals surface area contributed by atoms with Crippen LogP contribution >= 0.6 is 0 Å². The van der Waals surface area contributed by atoms with Crippen molar-refractivity contribution in [2.24, 2.45) is 5.92 Å². The van der Waals surface area contributed by atoms with Gasteiger partial charge in [-0.3, -0.25) is 9.59 Å². The van der Waals surface area contributed by atoms with Gasteiger partial charge in [0.25, 0.3) is 5.91 Å². The van der Waals surface area contributed by atoms with Crippen LogP contribution < -0.4 is 5.32 Å². The Labute approximate surface area is 192 Å². The zero-order valence-electron chi connectivity index (χ0n) is 18.7. The summed E-state index contributed by atoms with van der Waals surface area (Å²) in [6.07, 6.45) is 0.600. The Bertz CT molecular complexity index is 1290. The van der Waals surface area contributed by atoms with Crippen molar-refractivity contribution in [3.63, 3.8) is 0 Å². The number of aromatic nitrogens is 2. The molecule has 0 unspecified atom stereocenters. The van der Waals surface area contributed by atoms with Crippen molar-refractivity contribution in [3.8, 4) is 11.4 Å². The smallest absolute Gasteiger partial charge is 0.255 e. The molecule has 1 atom stereocenters. The number of amides is 2. The Morgan fingerprint density at radius 1 is 1.03 bits per heavy atom. The lowest BCUT2D eigenvalue weighted by Crippen LogP contribution is -2.45. The molecule has 1 aliphatic heterocycles. The van der Waals surface area contributed by atoms with Crippen LogP contribution in [0.3, 0.4) is 0 Å². The molecule has 0 spiro atoms. The van der Waals surface area contributed by atoms with Crippen molar-refractivity contribution in [3.05, 3.63) is 83.9 Å². The lowest BCUT2D eigenvalue weighted by Gasteiger charge is -2.28. The lowest BCUT2D eigenvalue weighted by atomic mass is 10.0. The maximum absolute atomic E-state index is 13.3. The zero-order chi connectivity index (χ0) is 22.9. The maximum atomic E-state index is 13.3. The quantitative estimate of drug-likeness (QED) is 0.432. The molecule has 33 heavy (non-hydrogen) atoms. The molecule has 2 N–H and O–H groups in total. The number of imidazole rings is 1. The van der Waals surface area contributed by atoms with E-state index in [9.17, 15) is 9.59 Å². The van der Waals surface area contributed by atoms with Gasteiger partial charge in [-0.15, -0.1) is 0 Å². The molecule has 0 aliphatic carbocycles. The molecule has 4 aromatic rings. The van der Waals surface area contributed by atoms with E-state index < -0.39 is 6.04 Å². The number of aromatic amines is 1. The first-order valence-corrected chi connectivity index (χ1v) is 11.2. The third-order valence-corrected chi connectivity index (χ3v) is 6.04. The number of rotatable bonds is 6. The number of hydrogen-bond acceptors (Lipinski definition) is 3. The molecule has 2 heterocycles. The highest BCUT2D eigenvalue weighted by Gasteiger charge is 2.36. The van der Waals surface area contributed by atoms with E-state index in [2.05, 4.69) is 29.1 Å². The van der Waals surface area contributed by atoms with E-state index in [1.165, 1.54) is 0 Å². The van der Waals surface area contributed by atoms with E-state index in [0.29, 0.717) is 24.2 Å². The number of para-hydroxylation sites is 2. The Kier molecular flexibility index (Phi) is 5.42. The summed E-state index contributed by atoms with van der Waals surface area (Å²) in [6.45, 7) is 4.59. The average molecular weight is 439 g/mol. The van der Waals surface area contributed by atoms with E-state index in [1.807, 2.05) is 72.8 Å². The van der Waals surface area contributed by atoms with Crippen LogP contribution in [0, 0.1) is 5.92 Å². The van der Waals surface area contributed by atoms with Crippen molar-refractivity contribution in [2.45, 2.75) is 32.9 Å². The molecule has 1 aromatic heterocycles. The summed E-state index contributed by atoms with van der Waals surface area (Å²) >= 11 is 0. The van der Waals surface area contributed by atoms with Crippen LogP contribution in [0.1, 0.15) is 36.2 Å². The number of carbonyl (C=O) groups is 2. The van der Waals surface area contributed by atoms with E-state index in [1.54, 1.807) is 4.90 Å². The number of nitrogens with one attached hydrogen (secondary N) is 2. The minimum Gasteiger partial charge on any atom is -0.338 e. The van der Waals surface area contributed by atoms with Gasteiger partial charge in [0, 0.05) is 23.4 Å². The number of hydrogen-bond donors (Lipinski definition) is 2. The Balaban J connectivity index is 1.34. The summed E-state index contributed by atoms with van der Waals surface area (Å²) in [6, 6.07) is 22.5. The van der Waals surface area contributed by atoms with Gasteiger partial charge in [0.2, 0.25) is 5.91 Å². The van der Waals surface area contributed by atoms with Crippen LogP contribution in [0.25, 0.3) is 22.4 Å². The number of H-pyrrole nitrogens is 1. The van der Waals surface area contributed by atoms with Crippen LogP contribution in [0.15, 0.2) is 72.8 Å². The van der Waals surface area contributed by atoms with Crippen LogP contribution in [0.4, 0.5) is 5.69 Å². The highest BCUT2D eigenvalue weighted by molar-refractivity contribution is 6.03. The number of carbonyl (C=O) groups excluding carboxylic acids is 2. The van der Waals surface area contributed by atoms with Gasteiger partial charge in [-0.2, -0.15) is 0 Å². The highest BCUT2D eigenvalue weighted by Crippen LogP contribution is 2.28. The summed E-state index contributed by atoms with van der Waals surface area (Å²) < 4.78 is 0. The molecule has 166 valence electrons. The summed E-state index contributed by atoms with van der Waals surface area (Å²) in [5.74, 6) is 0.813. The zero-order valence-corrected chi connectivity index (χ0v) is 18.7. The normalized spacial score (nSPS) is 14.0. The Morgan fingerprint density at radius 3 is 2.48 bits per heavy atom. The van der Waals surface area contributed by atoms with Crippen molar-refractivity contribution in [1.29, 1.82) is 0 Å². The van der Waals surface area contributed by atoms with Crippen molar-refractivity contribution in [1.82, 2.24) is 14.9 Å². The van der Waals surface area contributed by atoms with Crippen molar-refractivity contribution in [2.75, 3.05) is 5.32 Å². The molecule has 0 saturated carbocycles. The molecular formula is C27H26N4O2. The highest BCUT2D eigenvalue weighted by atomic mass is 16.2. The first-order valence-electron chi connectivity index (χ1n) is 11.2.